The fraction of sp³-hybridized carbons (Fsp3) is 0. The Morgan fingerprint density at radius 3 is 2.67 bits per heavy atom. The van der Waals surface area contributed by atoms with Crippen LogP contribution in [0.3, 0.4) is 0 Å². The van der Waals surface area contributed by atoms with E-state index < -0.39 is 11.6 Å². The van der Waals surface area contributed by atoms with Gasteiger partial charge in [-0.25, -0.2) is 13.8 Å². The van der Waals surface area contributed by atoms with Crippen molar-refractivity contribution in [3.05, 3.63) is 57.1 Å². The third-order valence-electron chi connectivity index (χ3n) is 2.11. The zero-order chi connectivity index (χ0) is 13.3. The number of rotatable bonds is 1. The van der Waals surface area contributed by atoms with Gasteiger partial charge in [0.15, 0.2) is 11.3 Å². The van der Waals surface area contributed by atoms with Crippen LogP contribution < -0.4 is 5.49 Å². The fourth-order valence-corrected chi connectivity index (χ4v) is 1.96. The van der Waals surface area contributed by atoms with Crippen LogP contribution in [0.15, 0.2) is 39.8 Å². The van der Waals surface area contributed by atoms with E-state index in [1.165, 1.54) is 12.1 Å². The monoisotopic (exact) mass is 334 g/mol. The minimum atomic E-state index is -0.846. The number of hydrogen-bond acceptors (Lipinski definition) is 2. The second-order valence-corrected chi connectivity index (χ2v) is 4.59. The lowest BCUT2D eigenvalue weighted by Crippen LogP contribution is -2.18. The number of halogens is 4. The van der Waals surface area contributed by atoms with Gasteiger partial charge < -0.3 is 5.21 Å². The average Bonchev–Trinajstić information content (AvgIpc) is 2.28. The summed E-state index contributed by atoms with van der Waals surface area (Å²) in [6.07, 6.45) is 0. The van der Waals surface area contributed by atoms with E-state index in [1.54, 1.807) is 6.07 Å². The molecular formula is C11H6BrClF2N2O. The lowest BCUT2D eigenvalue weighted by molar-refractivity contribution is 0.173. The number of aromatic nitrogens is 1. The maximum atomic E-state index is 13.5. The molecule has 0 spiro atoms. The van der Waals surface area contributed by atoms with Crippen LogP contribution in [0.1, 0.15) is 0 Å². The first-order valence-corrected chi connectivity index (χ1v) is 5.92. The van der Waals surface area contributed by atoms with Gasteiger partial charge in [-0.05, 0) is 34.1 Å². The van der Waals surface area contributed by atoms with Crippen molar-refractivity contribution in [2.24, 2.45) is 4.99 Å². The highest BCUT2D eigenvalue weighted by Gasteiger charge is 2.09. The van der Waals surface area contributed by atoms with E-state index in [0.29, 0.717) is 10.8 Å². The molecule has 1 N–H and O–H groups in total. The van der Waals surface area contributed by atoms with Crippen LogP contribution in [0.25, 0.3) is 0 Å². The Morgan fingerprint density at radius 2 is 2.00 bits per heavy atom. The van der Waals surface area contributed by atoms with Gasteiger partial charge in [0.25, 0.3) is 0 Å². The van der Waals surface area contributed by atoms with Crippen molar-refractivity contribution in [2.75, 3.05) is 0 Å². The Morgan fingerprint density at radius 1 is 1.28 bits per heavy atom. The van der Waals surface area contributed by atoms with Gasteiger partial charge >= 0.3 is 0 Å². The summed E-state index contributed by atoms with van der Waals surface area (Å²) in [5.41, 5.74) is -0.102. The Balaban J connectivity index is 2.68. The van der Waals surface area contributed by atoms with Crippen LogP contribution in [0.4, 0.5) is 14.5 Å². The quantitative estimate of drug-likeness (QED) is 0.627. The zero-order valence-corrected chi connectivity index (χ0v) is 11.1. The van der Waals surface area contributed by atoms with Crippen molar-refractivity contribution in [2.45, 2.75) is 0 Å². The van der Waals surface area contributed by atoms with Crippen molar-refractivity contribution in [1.29, 1.82) is 0 Å². The van der Waals surface area contributed by atoms with Crippen LogP contribution in [-0.2, 0) is 0 Å². The van der Waals surface area contributed by atoms with E-state index in [1.807, 2.05) is 0 Å². The number of benzene rings is 1. The van der Waals surface area contributed by atoms with Crippen molar-refractivity contribution < 1.29 is 14.0 Å². The van der Waals surface area contributed by atoms with E-state index >= 15 is 0 Å². The van der Waals surface area contributed by atoms with Crippen LogP contribution in [0, 0.1) is 11.6 Å². The number of nitrogens with zero attached hydrogens (tertiary/aromatic N) is 2. The molecule has 7 heteroatoms. The lowest BCUT2D eigenvalue weighted by Gasteiger charge is -2.03. The van der Waals surface area contributed by atoms with Crippen molar-refractivity contribution >= 4 is 33.2 Å². The molecule has 0 fully saturated rings. The number of pyridine rings is 1. The maximum Gasteiger partial charge on any atom is 0.170 e. The van der Waals surface area contributed by atoms with Gasteiger partial charge in [-0.15, -0.1) is 0 Å². The molecule has 0 bridgehead atoms. The van der Waals surface area contributed by atoms with Crippen LogP contribution >= 0.6 is 27.5 Å². The van der Waals surface area contributed by atoms with E-state index in [2.05, 4.69) is 20.9 Å². The van der Waals surface area contributed by atoms with Gasteiger partial charge in [0.05, 0.1) is 0 Å². The highest BCUT2D eigenvalue weighted by Crippen LogP contribution is 2.28. The summed E-state index contributed by atoms with van der Waals surface area (Å²) in [5.74, 6) is -1.57. The Hall–Kier alpha value is -1.40. The molecule has 0 saturated carbocycles. The molecule has 0 aliphatic rings. The van der Waals surface area contributed by atoms with Gasteiger partial charge in [-0.3, -0.25) is 0 Å². The molecule has 0 amide bonds. The molecule has 0 unspecified atom stereocenters. The van der Waals surface area contributed by atoms with E-state index in [0.717, 1.165) is 6.07 Å². The summed E-state index contributed by atoms with van der Waals surface area (Å²) in [5, 5.41) is 9.60. The fourth-order valence-electron chi connectivity index (χ4n) is 1.30. The normalized spacial score (nSPS) is 11.9. The maximum absolute atomic E-state index is 13.5. The smallest absolute Gasteiger partial charge is 0.170 e. The lowest BCUT2D eigenvalue weighted by atomic mass is 10.3. The molecule has 1 aromatic carbocycles. The van der Waals surface area contributed by atoms with Gasteiger partial charge in [0, 0.05) is 10.5 Å². The van der Waals surface area contributed by atoms with E-state index in [4.69, 9.17) is 11.6 Å². The Bertz CT molecular complexity index is 649. The summed E-state index contributed by atoms with van der Waals surface area (Å²) >= 11 is 8.67. The highest BCUT2D eigenvalue weighted by atomic mass is 79.9. The standard InChI is InChI=1S/C11H6BrClF2N2O/c12-7-4-6(14)5-8(15)11(7)16-10-3-1-2-9(13)17(10)18/h1-5,18H. The molecule has 0 aliphatic heterocycles. The Labute approximate surface area is 114 Å². The summed E-state index contributed by atoms with van der Waals surface area (Å²) in [7, 11) is 0. The SMILES string of the molecule is On1c(Cl)cccc1=Nc1c(F)cc(F)cc1Br. The number of hydrogen-bond donors (Lipinski definition) is 1. The van der Waals surface area contributed by atoms with Crippen molar-refractivity contribution in [1.82, 2.24) is 4.73 Å². The molecule has 0 aliphatic carbocycles. The van der Waals surface area contributed by atoms with E-state index in [9.17, 15) is 14.0 Å². The predicted octanol–water partition coefficient (Wildman–Crippen LogP) is 3.65. The molecule has 1 heterocycles. The third kappa shape index (κ3) is 2.54. The molecule has 18 heavy (non-hydrogen) atoms. The van der Waals surface area contributed by atoms with Crippen LogP contribution in [0.5, 0.6) is 0 Å². The first-order chi connectivity index (χ1) is 8.49. The minimum absolute atomic E-state index is 0.0220. The zero-order valence-electron chi connectivity index (χ0n) is 8.74. The van der Waals surface area contributed by atoms with Crippen LogP contribution in [0.2, 0.25) is 5.15 Å². The average molecular weight is 336 g/mol. The first-order valence-electron chi connectivity index (χ1n) is 4.75. The van der Waals surface area contributed by atoms with Gasteiger partial charge in [0.1, 0.15) is 16.7 Å². The topological polar surface area (TPSA) is 37.5 Å². The summed E-state index contributed by atoms with van der Waals surface area (Å²) in [6.45, 7) is 0. The molecule has 0 atom stereocenters. The Kier molecular flexibility index (Phi) is 3.68. The van der Waals surface area contributed by atoms with E-state index in [-0.39, 0.29) is 20.8 Å². The van der Waals surface area contributed by atoms with Crippen molar-refractivity contribution in [3.63, 3.8) is 0 Å². The van der Waals surface area contributed by atoms with Gasteiger partial charge in [0.2, 0.25) is 0 Å². The second kappa shape index (κ2) is 5.07. The molecule has 2 aromatic rings. The molecule has 1 aromatic heterocycles. The van der Waals surface area contributed by atoms with Gasteiger partial charge in [-0.2, -0.15) is 4.73 Å². The minimum Gasteiger partial charge on any atom is -0.426 e. The summed E-state index contributed by atoms with van der Waals surface area (Å²) in [6, 6.07) is 6.20. The molecule has 3 nitrogen and oxygen atoms in total. The predicted molar refractivity (Wildman–Crippen MR) is 65.9 cm³/mol. The molecule has 94 valence electrons. The molecule has 2 rings (SSSR count). The summed E-state index contributed by atoms with van der Waals surface area (Å²) in [4.78, 5) is 3.88. The molecular weight excluding hydrogens is 329 g/mol. The van der Waals surface area contributed by atoms with Gasteiger partial charge in [-0.1, -0.05) is 17.7 Å². The molecule has 0 saturated heterocycles. The first kappa shape index (κ1) is 13.0. The largest absolute Gasteiger partial charge is 0.426 e. The van der Waals surface area contributed by atoms with Crippen LogP contribution in [-0.4, -0.2) is 9.94 Å². The van der Waals surface area contributed by atoms with Crippen molar-refractivity contribution in [3.8, 4) is 0 Å². The molecule has 0 radical (unpaired) electrons. The second-order valence-electron chi connectivity index (χ2n) is 3.35. The third-order valence-corrected chi connectivity index (χ3v) is 3.00. The summed E-state index contributed by atoms with van der Waals surface area (Å²) < 4.78 is 27.2. The highest BCUT2D eigenvalue weighted by molar-refractivity contribution is 9.10.